The fourth-order valence-corrected chi connectivity index (χ4v) is 2.38. The Bertz CT molecular complexity index is 1010. The Morgan fingerprint density at radius 2 is 1.86 bits per heavy atom. The van der Waals surface area contributed by atoms with Crippen LogP contribution in [0.4, 0.5) is 11.4 Å². The first kappa shape index (κ1) is 20.6. The summed E-state index contributed by atoms with van der Waals surface area (Å²) in [5.41, 5.74) is 0.508. The zero-order valence-electron chi connectivity index (χ0n) is 15.0. The quantitative estimate of drug-likeness (QED) is 0.358. The summed E-state index contributed by atoms with van der Waals surface area (Å²) in [7, 11) is 3.25. The number of nitro benzene ring substituents is 1. The van der Waals surface area contributed by atoms with Crippen molar-refractivity contribution in [2.45, 2.75) is 0 Å². The third-order valence-electron chi connectivity index (χ3n) is 3.65. The maximum atomic E-state index is 12.4. The first-order valence-corrected chi connectivity index (χ1v) is 8.29. The first-order chi connectivity index (χ1) is 13.2. The van der Waals surface area contributed by atoms with Gasteiger partial charge in [0.1, 0.15) is 11.6 Å². The Kier molecular flexibility index (Phi) is 6.47. The first-order valence-electron chi connectivity index (χ1n) is 7.91. The van der Waals surface area contributed by atoms with E-state index in [2.05, 4.69) is 5.32 Å². The van der Waals surface area contributed by atoms with Gasteiger partial charge >= 0.3 is 0 Å². The fraction of sp³-hybridized carbons (Fsp3) is 0.105. The lowest BCUT2D eigenvalue weighted by atomic mass is 10.1. The van der Waals surface area contributed by atoms with Crippen molar-refractivity contribution in [2.24, 2.45) is 0 Å². The van der Waals surface area contributed by atoms with E-state index in [1.165, 1.54) is 41.3 Å². The van der Waals surface area contributed by atoms with Crippen molar-refractivity contribution < 1.29 is 14.5 Å². The molecule has 8 nitrogen and oxygen atoms in total. The van der Waals surface area contributed by atoms with Crippen LogP contribution in [0, 0.1) is 21.4 Å². The number of hydrogen-bond donors (Lipinski definition) is 1. The Hall–Kier alpha value is -3.70. The molecule has 0 saturated carbocycles. The number of amides is 2. The molecule has 0 radical (unpaired) electrons. The van der Waals surface area contributed by atoms with Crippen molar-refractivity contribution in [2.75, 3.05) is 19.4 Å². The van der Waals surface area contributed by atoms with Crippen LogP contribution in [-0.4, -0.2) is 35.7 Å². The molecular weight excluding hydrogens is 384 g/mol. The van der Waals surface area contributed by atoms with Gasteiger partial charge in [0.2, 0.25) is 0 Å². The molecule has 0 atom stereocenters. The summed E-state index contributed by atoms with van der Waals surface area (Å²) in [6.07, 6.45) is 1.18. The number of anilines is 1. The average molecular weight is 399 g/mol. The summed E-state index contributed by atoms with van der Waals surface area (Å²) in [6, 6.07) is 11.6. The van der Waals surface area contributed by atoms with Gasteiger partial charge in [0.25, 0.3) is 17.5 Å². The summed E-state index contributed by atoms with van der Waals surface area (Å²) in [6.45, 7) is 0. The van der Waals surface area contributed by atoms with E-state index in [0.29, 0.717) is 11.3 Å². The minimum absolute atomic E-state index is 0.165. The highest BCUT2D eigenvalue weighted by atomic mass is 35.5. The standard InChI is InChI=1S/C19H15ClN4O4/c1-23(2)19(26)12-3-5-15(6-4-12)22-18(25)14(11-21)9-13-10-16(24(27)28)7-8-17(13)20/h3-10H,1-2H3,(H,22,25)/b14-9+. The van der Waals surface area contributed by atoms with Crippen molar-refractivity contribution in [1.29, 1.82) is 5.26 Å². The van der Waals surface area contributed by atoms with Gasteiger partial charge in [-0.15, -0.1) is 0 Å². The highest BCUT2D eigenvalue weighted by Crippen LogP contribution is 2.24. The van der Waals surface area contributed by atoms with Gasteiger partial charge in [-0.1, -0.05) is 11.6 Å². The van der Waals surface area contributed by atoms with Crippen LogP contribution in [0.25, 0.3) is 6.08 Å². The lowest BCUT2D eigenvalue weighted by Crippen LogP contribution is -2.21. The molecule has 0 aliphatic carbocycles. The molecule has 0 aliphatic heterocycles. The molecule has 142 valence electrons. The van der Waals surface area contributed by atoms with Crippen LogP contribution >= 0.6 is 11.6 Å². The highest BCUT2D eigenvalue weighted by Gasteiger charge is 2.14. The molecule has 0 aliphatic rings. The van der Waals surface area contributed by atoms with E-state index < -0.39 is 10.8 Å². The number of nitrogens with one attached hydrogen (secondary N) is 1. The molecule has 9 heteroatoms. The molecule has 28 heavy (non-hydrogen) atoms. The summed E-state index contributed by atoms with van der Waals surface area (Å²) in [4.78, 5) is 35.9. The number of rotatable bonds is 5. The average Bonchev–Trinajstić information content (AvgIpc) is 2.66. The summed E-state index contributed by atoms with van der Waals surface area (Å²) < 4.78 is 0. The van der Waals surface area contributed by atoms with E-state index in [1.54, 1.807) is 32.3 Å². The molecule has 2 aromatic carbocycles. The molecule has 0 bridgehead atoms. The molecule has 0 saturated heterocycles. The maximum absolute atomic E-state index is 12.4. The van der Waals surface area contributed by atoms with Crippen molar-refractivity contribution in [3.63, 3.8) is 0 Å². The van der Waals surface area contributed by atoms with E-state index in [1.807, 2.05) is 0 Å². The topological polar surface area (TPSA) is 116 Å². The highest BCUT2D eigenvalue weighted by molar-refractivity contribution is 6.32. The van der Waals surface area contributed by atoms with Gasteiger partial charge in [-0.3, -0.25) is 19.7 Å². The second-order valence-corrected chi connectivity index (χ2v) is 6.27. The number of non-ortho nitro benzene ring substituents is 1. The zero-order valence-corrected chi connectivity index (χ0v) is 15.7. The van der Waals surface area contributed by atoms with Gasteiger partial charge in [0, 0.05) is 48.1 Å². The SMILES string of the molecule is CN(C)C(=O)c1ccc(NC(=O)/C(C#N)=C/c2cc([N+](=O)[O-])ccc2Cl)cc1. The third-order valence-corrected chi connectivity index (χ3v) is 4.00. The number of halogens is 1. The van der Waals surface area contributed by atoms with Crippen molar-refractivity contribution in [3.8, 4) is 6.07 Å². The minimum atomic E-state index is -0.711. The normalized spacial score (nSPS) is 10.7. The number of nitro groups is 1. The van der Waals surface area contributed by atoms with E-state index >= 15 is 0 Å². The smallest absolute Gasteiger partial charge is 0.270 e. The van der Waals surface area contributed by atoms with E-state index in [-0.39, 0.29) is 27.8 Å². The number of carbonyl (C=O) groups is 2. The Balaban J connectivity index is 2.24. The lowest BCUT2D eigenvalue weighted by Gasteiger charge is -2.11. The van der Waals surface area contributed by atoms with E-state index in [0.717, 1.165) is 0 Å². The van der Waals surface area contributed by atoms with Crippen LogP contribution in [0.1, 0.15) is 15.9 Å². The second kappa shape index (κ2) is 8.79. The van der Waals surface area contributed by atoms with Crippen molar-refractivity contribution >= 4 is 40.9 Å². The Morgan fingerprint density at radius 3 is 2.39 bits per heavy atom. The largest absolute Gasteiger partial charge is 0.345 e. The molecule has 0 fully saturated rings. The van der Waals surface area contributed by atoms with Crippen LogP contribution in [-0.2, 0) is 4.79 Å². The fourth-order valence-electron chi connectivity index (χ4n) is 2.21. The predicted octanol–water partition coefficient (Wildman–Crippen LogP) is 3.50. The number of benzene rings is 2. The van der Waals surface area contributed by atoms with E-state index in [4.69, 9.17) is 11.6 Å². The van der Waals surface area contributed by atoms with Crippen LogP contribution in [0.15, 0.2) is 48.0 Å². The summed E-state index contributed by atoms with van der Waals surface area (Å²) in [5, 5.41) is 22.9. The second-order valence-electron chi connectivity index (χ2n) is 5.86. The van der Waals surface area contributed by atoms with Gasteiger partial charge < -0.3 is 10.2 Å². The molecule has 0 spiro atoms. The van der Waals surface area contributed by atoms with Gasteiger partial charge in [-0.25, -0.2) is 0 Å². The van der Waals surface area contributed by atoms with Crippen LogP contribution in [0.3, 0.4) is 0 Å². The van der Waals surface area contributed by atoms with Crippen molar-refractivity contribution in [3.05, 3.63) is 74.3 Å². The third kappa shape index (κ3) is 4.93. The molecule has 0 heterocycles. The Morgan fingerprint density at radius 1 is 1.21 bits per heavy atom. The monoisotopic (exact) mass is 398 g/mol. The van der Waals surface area contributed by atoms with Crippen molar-refractivity contribution in [1.82, 2.24) is 4.90 Å². The number of nitriles is 1. The summed E-state index contributed by atoms with van der Waals surface area (Å²) in [5.74, 6) is -0.896. The molecule has 0 unspecified atom stereocenters. The van der Waals surface area contributed by atoms with Crippen LogP contribution in [0.5, 0.6) is 0 Å². The minimum Gasteiger partial charge on any atom is -0.345 e. The zero-order chi connectivity index (χ0) is 20.8. The van der Waals surface area contributed by atoms with Gasteiger partial charge in [-0.2, -0.15) is 5.26 Å². The molecule has 2 rings (SSSR count). The van der Waals surface area contributed by atoms with Gasteiger partial charge in [0.15, 0.2) is 0 Å². The van der Waals surface area contributed by atoms with Crippen LogP contribution < -0.4 is 5.32 Å². The molecule has 1 N–H and O–H groups in total. The van der Waals surface area contributed by atoms with Gasteiger partial charge in [-0.05, 0) is 36.4 Å². The number of hydrogen-bond acceptors (Lipinski definition) is 5. The predicted molar refractivity (Wildman–Crippen MR) is 105 cm³/mol. The molecular formula is C19H15ClN4O4. The van der Waals surface area contributed by atoms with Crippen LogP contribution in [0.2, 0.25) is 5.02 Å². The lowest BCUT2D eigenvalue weighted by molar-refractivity contribution is -0.384. The molecule has 2 amide bonds. The van der Waals surface area contributed by atoms with E-state index in [9.17, 15) is 25.0 Å². The summed E-state index contributed by atoms with van der Waals surface area (Å²) >= 11 is 6.00. The number of nitrogens with zero attached hydrogens (tertiary/aromatic N) is 3. The number of carbonyl (C=O) groups excluding carboxylic acids is 2. The van der Waals surface area contributed by atoms with Gasteiger partial charge in [0.05, 0.1) is 4.92 Å². The Labute approximate surface area is 165 Å². The maximum Gasteiger partial charge on any atom is 0.270 e. The molecule has 0 aromatic heterocycles. The molecule has 2 aromatic rings.